The molecule has 0 fully saturated rings. The maximum absolute atomic E-state index is 4.98. The minimum absolute atomic E-state index is 0.291. The first-order valence-electron chi connectivity index (χ1n) is 10.3. The molecule has 0 N–H and O–H groups in total. The highest BCUT2D eigenvalue weighted by molar-refractivity contribution is 8.03. The minimum Gasteiger partial charge on any atom is -0.281 e. The SMILES string of the molecule is CCCCCCC(C)N=C1C=CC(=Nc2ccccc2)C=C1Sc1ncccn1. The summed E-state index contributed by atoms with van der Waals surface area (Å²) in [6.07, 6.45) is 15.9. The number of benzene rings is 1. The van der Waals surface area contributed by atoms with Crippen LogP contribution < -0.4 is 0 Å². The van der Waals surface area contributed by atoms with Crippen LogP contribution in [0, 0.1) is 0 Å². The second-order valence-corrected chi connectivity index (χ2v) is 8.07. The van der Waals surface area contributed by atoms with Crippen molar-refractivity contribution in [3.05, 3.63) is 71.9 Å². The Labute approximate surface area is 178 Å². The number of aromatic nitrogens is 2. The third-order valence-corrected chi connectivity index (χ3v) is 5.48. The van der Waals surface area contributed by atoms with Crippen molar-refractivity contribution >= 4 is 28.9 Å². The molecule has 1 atom stereocenters. The molecule has 1 aliphatic carbocycles. The van der Waals surface area contributed by atoms with Gasteiger partial charge in [-0.2, -0.15) is 0 Å². The molecule has 0 amide bonds. The van der Waals surface area contributed by atoms with E-state index < -0.39 is 0 Å². The Balaban J connectivity index is 1.80. The van der Waals surface area contributed by atoms with Crippen molar-refractivity contribution in [1.82, 2.24) is 9.97 Å². The molecule has 0 radical (unpaired) electrons. The van der Waals surface area contributed by atoms with Gasteiger partial charge in [-0.1, -0.05) is 50.8 Å². The lowest BCUT2D eigenvalue weighted by atomic mass is 10.1. The van der Waals surface area contributed by atoms with E-state index in [1.165, 1.54) is 37.4 Å². The monoisotopic (exact) mass is 404 g/mol. The first-order chi connectivity index (χ1) is 14.2. The molecular weight excluding hydrogens is 376 g/mol. The van der Waals surface area contributed by atoms with Gasteiger partial charge in [-0.15, -0.1) is 0 Å². The minimum atomic E-state index is 0.291. The number of rotatable bonds is 9. The van der Waals surface area contributed by atoms with Crippen molar-refractivity contribution in [3.63, 3.8) is 0 Å². The summed E-state index contributed by atoms with van der Waals surface area (Å²) in [6, 6.07) is 12.1. The molecule has 150 valence electrons. The van der Waals surface area contributed by atoms with Gasteiger partial charge in [0.05, 0.1) is 17.1 Å². The lowest BCUT2D eigenvalue weighted by Gasteiger charge is -2.14. The van der Waals surface area contributed by atoms with Crippen molar-refractivity contribution in [2.75, 3.05) is 0 Å². The van der Waals surface area contributed by atoms with Gasteiger partial charge in [-0.3, -0.25) is 4.99 Å². The fourth-order valence-corrected chi connectivity index (χ4v) is 3.85. The predicted octanol–water partition coefficient (Wildman–Crippen LogP) is 6.60. The zero-order valence-electron chi connectivity index (χ0n) is 17.2. The van der Waals surface area contributed by atoms with E-state index in [4.69, 9.17) is 9.98 Å². The molecule has 5 heteroatoms. The van der Waals surface area contributed by atoms with Crippen LogP contribution in [0.15, 0.2) is 87.1 Å². The molecule has 4 nitrogen and oxygen atoms in total. The van der Waals surface area contributed by atoms with E-state index in [2.05, 4.69) is 36.0 Å². The lowest BCUT2D eigenvalue weighted by Crippen LogP contribution is -2.10. The smallest absolute Gasteiger partial charge is 0.192 e. The fraction of sp³-hybridized carbons (Fsp3) is 0.333. The van der Waals surface area contributed by atoms with Crippen LogP contribution in [0.2, 0.25) is 0 Å². The Morgan fingerprint density at radius 2 is 1.76 bits per heavy atom. The summed E-state index contributed by atoms with van der Waals surface area (Å²) in [5.41, 5.74) is 2.83. The van der Waals surface area contributed by atoms with Crippen LogP contribution in [-0.4, -0.2) is 27.4 Å². The molecule has 0 saturated heterocycles. The Kier molecular flexibility index (Phi) is 8.38. The number of hydrogen-bond donors (Lipinski definition) is 0. The number of aliphatic imine (C=N–C) groups is 2. The summed E-state index contributed by atoms with van der Waals surface area (Å²) in [7, 11) is 0. The summed E-state index contributed by atoms with van der Waals surface area (Å²) in [6.45, 7) is 4.44. The van der Waals surface area contributed by atoms with Crippen LogP contribution in [0.1, 0.15) is 46.0 Å². The normalized spacial score (nSPS) is 17.5. The Morgan fingerprint density at radius 1 is 0.966 bits per heavy atom. The van der Waals surface area contributed by atoms with E-state index >= 15 is 0 Å². The molecule has 1 aromatic heterocycles. The average Bonchev–Trinajstić information content (AvgIpc) is 2.75. The summed E-state index contributed by atoms with van der Waals surface area (Å²) in [5.74, 6) is 0. The maximum atomic E-state index is 4.98. The van der Waals surface area contributed by atoms with Gasteiger partial charge in [0, 0.05) is 23.3 Å². The quantitative estimate of drug-likeness (QED) is 0.269. The summed E-state index contributed by atoms with van der Waals surface area (Å²) >= 11 is 1.54. The Morgan fingerprint density at radius 3 is 2.52 bits per heavy atom. The number of thioether (sulfide) groups is 1. The van der Waals surface area contributed by atoms with E-state index in [0.29, 0.717) is 6.04 Å². The van der Waals surface area contributed by atoms with Crippen LogP contribution in [0.25, 0.3) is 0 Å². The number of hydrogen-bond acceptors (Lipinski definition) is 5. The van der Waals surface area contributed by atoms with Crippen LogP contribution >= 0.6 is 11.8 Å². The molecule has 29 heavy (non-hydrogen) atoms. The number of para-hydroxylation sites is 1. The molecular formula is C24H28N4S. The fourth-order valence-electron chi connectivity index (χ4n) is 3.02. The zero-order chi connectivity index (χ0) is 20.3. The van der Waals surface area contributed by atoms with Crippen LogP contribution in [0.4, 0.5) is 5.69 Å². The predicted molar refractivity (Wildman–Crippen MR) is 124 cm³/mol. The van der Waals surface area contributed by atoms with E-state index in [1.807, 2.05) is 42.5 Å². The van der Waals surface area contributed by atoms with Crippen molar-refractivity contribution in [2.24, 2.45) is 9.98 Å². The Hall–Kier alpha value is -2.53. The van der Waals surface area contributed by atoms with E-state index in [0.717, 1.165) is 33.6 Å². The number of unbranched alkanes of at least 4 members (excludes halogenated alkanes) is 3. The highest BCUT2D eigenvalue weighted by atomic mass is 32.2. The lowest BCUT2D eigenvalue weighted by molar-refractivity contribution is 0.577. The van der Waals surface area contributed by atoms with E-state index in [1.54, 1.807) is 12.4 Å². The third-order valence-electron chi connectivity index (χ3n) is 4.54. The summed E-state index contributed by atoms with van der Waals surface area (Å²) < 4.78 is 0. The van der Waals surface area contributed by atoms with Gasteiger partial charge in [-0.25, -0.2) is 15.0 Å². The van der Waals surface area contributed by atoms with Crippen molar-refractivity contribution in [3.8, 4) is 0 Å². The van der Waals surface area contributed by atoms with Crippen molar-refractivity contribution in [2.45, 2.75) is 57.1 Å². The first kappa shape index (κ1) is 21.2. The average molecular weight is 405 g/mol. The summed E-state index contributed by atoms with van der Waals surface area (Å²) in [5, 5.41) is 0.719. The Bertz CT molecular complexity index is 886. The van der Waals surface area contributed by atoms with Gasteiger partial charge in [-0.05, 0) is 61.5 Å². The molecule has 3 rings (SSSR count). The topological polar surface area (TPSA) is 50.5 Å². The summed E-state index contributed by atoms with van der Waals surface area (Å²) in [4.78, 5) is 19.5. The number of nitrogens with zero attached hydrogens (tertiary/aromatic N) is 4. The number of allylic oxidation sites excluding steroid dienone is 4. The van der Waals surface area contributed by atoms with Crippen LogP contribution in [-0.2, 0) is 0 Å². The molecule has 2 aromatic rings. The first-order valence-corrected chi connectivity index (χ1v) is 11.1. The zero-order valence-corrected chi connectivity index (χ0v) is 18.0. The van der Waals surface area contributed by atoms with Gasteiger partial charge in [0.25, 0.3) is 0 Å². The molecule has 0 saturated carbocycles. The van der Waals surface area contributed by atoms with Crippen LogP contribution in [0.3, 0.4) is 0 Å². The molecule has 1 unspecified atom stereocenters. The largest absolute Gasteiger partial charge is 0.281 e. The second kappa shape index (κ2) is 11.5. The van der Waals surface area contributed by atoms with Gasteiger partial charge in [0.1, 0.15) is 0 Å². The van der Waals surface area contributed by atoms with E-state index in [9.17, 15) is 0 Å². The van der Waals surface area contributed by atoms with Gasteiger partial charge in [0.2, 0.25) is 0 Å². The van der Waals surface area contributed by atoms with Crippen molar-refractivity contribution in [1.29, 1.82) is 0 Å². The highest BCUT2D eigenvalue weighted by Gasteiger charge is 2.15. The highest BCUT2D eigenvalue weighted by Crippen LogP contribution is 2.28. The van der Waals surface area contributed by atoms with Gasteiger partial charge < -0.3 is 0 Å². The van der Waals surface area contributed by atoms with Gasteiger partial charge in [0.15, 0.2) is 5.16 Å². The van der Waals surface area contributed by atoms with Crippen LogP contribution in [0.5, 0.6) is 0 Å². The molecule has 1 aromatic carbocycles. The molecule has 0 spiro atoms. The second-order valence-electron chi connectivity index (χ2n) is 7.06. The maximum Gasteiger partial charge on any atom is 0.192 e. The molecule has 0 bridgehead atoms. The third kappa shape index (κ3) is 7.09. The van der Waals surface area contributed by atoms with Crippen molar-refractivity contribution < 1.29 is 0 Å². The molecule has 1 heterocycles. The molecule has 0 aliphatic heterocycles. The van der Waals surface area contributed by atoms with E-state index in [-0.39, 0.29) is 0 Å². The van der Waals surface area contributed by atoms with Gasteiger partial charge >= 0.3 is 0 Å². The molecule has 1 aliphatic rings. The standard InChI is InChI=1S/C24H28N4S/c1-3-4-5-7-11-19(2)27-22-15-14-21(28-20-12-8-6-9-13-20)18-23(22)29-24-25-16-10-17-26-24/h6,8-10,12-19H,3-5,7,11H2,1-2H3.